The molecule has 0 bridgehead atoms. The van der Waals surface area contributed by atoms with Gasteiger partial charge < -0.3 is 15.4 Å². The fourth-order valence-electron chi connectivity index (χ4n) is 2.10. The van der Waals surface area contributed by atoms with Crippen molar-refractivity contribution >= 4 is 11.9 Å². The van der Waals surface area contributed by atoms with E-state index in [0.717, 1.165) is 11.1 Å². The minimum atomic E-state index is -0.903. The number of hydrogen-bond acceptors (Lipinski definition) is 7. The first kappa shape index (κ1) is 19.6. The Labute approximate surface area is 152 Å². The molecule has 0 heterocycles. The summed E-state index contributed by atoms with van der Waals surface area (Å²) in [6.07, 6.45) is 0.147. The first-order chi connectivity index (χ1) is 12.6. The molecule has 0 aliphatic carbocycles. The van der Waals surface area contributed by atoms with Crippen LogP contribution in [0.1, 0.15) is 24.0 Å². The molecular weight excluding hydrogens is 334 g/mol. The van der Waals surface area contributed by atoms with Crippen LogP contribution in [0.4, 0.5) is 0 Å². The zero-order valence-corrected chi connectivity index (χ0v) is 14.4. The highest BCUT2D eigenvalue weighted by molar-refractivity contribution is 5.76. The molecule has 0 fully saturated rings. The lowest BCUT2D eigenvalue weighted by Gasteiger charge is -2.11. The molecule has 0 saturated heterocycles. The van der Waals surface area contributed by atoms with E-state index in [4.69, 9.17) is 15.4 Å². The van der Waals surface area contributed by atoms with Gasteiger partial charge in [0.1, 0.15) is 6.04 Å². The summed E-state index contributed by atoms with van der Waals surface area (Å²) in [7, 11) is 0. The van der Waals surface area contributed by atoms with Crippen LogP contribution in [-0.2, 0) is 32.4 Å². The van der Waals surface area contributed by atoms with Gasteiger partial charge in [0.2, 0.25) is 0 Å². The SMILES string of the molecule is N[C@@H](CCC(=O)ONCc1ccccc1)C(=O)ONCc1ccccc1. The van der Waals surface area contributed by atoms with Gasteiger partial charge >= 0.3 is 11.9 Å². The van der Waals surface area contributed by atoms with Gasteiger partial charge in [0.25, 0.3) is 0 Å². The summed E-state index contributed by atoms with van der Waals surface area (Å²) >= 11 is 0. The molecule has 0 unspecified atom stereocenters. The summed E-state index contributed by atoms with van der Waals surface area (Å²) in [5, 5.41) is 0. The number of benzene rings is 2. The Morgan fingerprint density at radius 2 is 1.35 bits per heavy atom. The van der Waals surface area contributed by atoms with Crippen LogP contribution in [0.2, 0.25) is 0 Å². The predicted molar refractivity (Wildman–Crippen MR) is 96.0 cm³/mol. The predicted octanol–water partition coefficient (Wildman–Crippen LogP) is 1.59. The zero-order chi connectivity index (χ0) is 18.6. The van der Waals surface area contributed by atoms with E-state index in [-0.39, 0.29) is 12.8 Å². The molecule has 4 N–H and O–H groups in total. The number of rotatable bonds is 10. The van der Waals surface area contributed by atoms with Crippen molar-refractivity contribution in [2.45, 2.75) is 32.0 Å². The lowest BCUT2D eigenvalue weighted by Crippen LogP contribution is -2.36. The Balaban J connectivity index is 1.57. The molecule has 1 atom stereocenters. The maximum absolute atomic E-state index is 11.8. The number of carbonyl (C=O) groups is 2. The number of carbonyl (C=O) groups excluding carboxylic acids is 2. The van der Waals surface area contributed by atoms with E-state index in [1.165, 1.54) is 0 Å². The van der Waals surface area contributed by atoms with Crippen molar-refractivity contribution in [3.05, 3.63) is 71.8 Å². The van der Waals surface area contributed by atoms with Crippen LogP contribution >= 0.6 is 0 Å². The van der Waals surface area contributed by atoms with E-state index >= 15 is 0 Å². The van der Waals surface area contributed by atoms with Crippen LogP contribution in [0.5, 0.6) is 0 Å². The first-order valence-corrected chi connectivity index (χ1v) is 8.34. The molecule has 0 aliphatic rings. The van der Waals surface area contributed by atoms with Crippen LogP contribution in [-0.4, -0.2) is 18.0 Å². The van der Waals surface area contributed by atoms with Crippen LogP contribution in [0, 0.1) is 0 Å². The maximum atomic E-state index is 11.8. The number of nitrogens with two attached hydrogens (primary N) is 1. The Morgan fingerprint density at radius 1 is 0.846 bits per heavy atom. The van der Waals surface area contributed by atoms with E-state index in [1.807, 2.05) is 60.7 Å². The molecule has 0 radical (unpaired) electrons. The van der Waals surface area contributed by atoms with Crippen molar-refractivity contribution < 1.29 is 19.3 Å². The van der Waals surface area contributed by atoms with Crippen LogP contribution in [0.25, 0.3) is 0 Å². The topological polar surface area (TPSA) is 103 Å². The number of nitrogens with one attached hydrogen (secondary N) is 2. The smallest absolute Gasteiger partial charge is 0.341 e. The minimum absolute atomic E-state index is 0.0107. The largest absolute Gasteiger partial charge is 0.370 e. The molecule has 7 heteroatoms. The lowest BCUT2D eigenvalue weighted by molar-refractivity contribution is -0.154. The van der Waals surface area contributed by atoms with Gasteiger partial charge in [0.15, 0.2) is 0 Å². The Bertz CT molecular complexity index is 680. The van der Waals surface area contributed by atoms with Crippen molar-refractivity contribution in [3.8, 4) is 0 Å². The van der Waals surface area contributed by atoms with Gasteiger partial charge in [-0.25, -0.2) is 4.79 Å². The van der Waals surface area contributed by atoms with E-state index in [1.54, 1.807) is 0 Å². The highest BCUT2D eigenvalue weighted by Crippen LogP contribution is 2.01. The highest BCUT2D eigenvalue weighted by atomic mass is 16.7. The van der Waals surface area contributed by atoms with E-state index in [9.17, 15) is 9.59 Å². The fourth-order valence-corrected chi connectivity index (χ4v) is 2.10. The van der Waals surface area contributed by atoms with Gasteiger partial charge in [0, 0.05) is 6.42 Å². The third kappa shape index (κ3) is 7.43. The van der Waals surface area contributed by atoms with Crippen molar-refractivity contribution in [3.63, 3.8) is 0 Å². The molecule has 2 aromatic carbocycles. The number of hydroxylamine groups is 2. The lowest BCUT2D eigenvalue weighted by atomic mass is 10.2. The average molecular weight is 357 g/mol. The van der Waals surface area contributed by atoms with Gasteiger partial charge in [0.05, 0.1) is 13.1 Å². The summed E-state index contributed by atoms with van der Waals surface area (Å²) in [6.45, 7) is 0.787. The van der Waals surface area contributed by atoms with Gasteiger partial charge in [-0.3, -0.25) is 4.79 Å². The van der Waals surface area contributed by atoms with Gasteiger partial charge in [-0.2, -0.15) is 0 Å². The third-order valence-corrected chi connectivity index (χ3v) is 3.56. The van der Waals surface area contributed by atoms with E-state index in [0.29, 0.717) is 13.1 Å². The maximum Gasteiger partial charge on any atom is 0.341 e. The molecule has 0 saturated carbocycles. The van der Waals surface area contributed by atoms with Gasteiger partial charge in [-0.15, -0.1) is 11.0 Å². The van der Waals surface area contributed by atoms with Crippen molar-refractivity contribution in [2.75, 3.05) is 0 Å². The second-order valence-corrected chi connectivity index (χ2v) is 5.65. The molecule has 0 aliphatic heterocycles. The summed E-state index contributed by atoms with van der Waals surface area (Å²) in [5.41, 5.74) is 12.8. The van der Waals surface area contributed by atoms with Crippen LogP contribution < -0.4 is 16.7 Å². The Kier molecular flexibility index (Phi) is 8.28. The van der Waals surface area contributed by atoms with Crippen LogP contribution in [0.15, 0.2) is 60.7 Å². The molecule has 0 aromatic heterocycles. The zero-order valence-electron chi connectivity index (χ0n) is 14.4. The van der Waals surface area contributed by atoms with Gasteiger partial charge in [-0.05, 0) is 17.5 Å². The summed E-state index contributed by atoms with van der Waals surface area (Å²) in [4.78, 5) is 33.2. The molecule has 26 heavy (non-hydrogen) atoms. The molecule has 138 valence electrons. The monoisotopic (exact) mass is 357 g/mol. The Morgan fingerprint density at radius 3 is 1.88 bits per heavy atom. The Hall–Kier alpha value is -2.74. The average Bonchev–Trinajstić information content (AvgIpc) is 2.67. The van der Waals surface area contributed by atoms with Crippen molar-refractivity contribution in [1.29, 1.82) is 0 Å². The van der Waals surface area contributed by atoms with Crippen molar-refractivity contribution in [1.82, 2.24) is 11.0 Å². The van der Waals surface area contributed by atoms with E-state index in [2.05, 4.69) is 11.0 Å². The first-order valence-electron chi connectivity index (χ1n) is 8.34. The minimum Gasteiger partial charge on any atom is -0.370 e. The third-order valence-electron chi connectivity index (χ3n) is 3.56. The van der Waals surface area contributed by atoms with Crippen molar-refractivity contribution in [2.24, 2.45) is 5.73 Å². The second kappa shape index (κ2) is 11.0. The molecule has 0 amide bonds. The summed E-state index contributed by atoms with van der Waals surface area (Å²) < 4.78 is 0. The molecule has 2 rings (SSSR count). The standard InChI is InChI=1S/C19H23N3O4/c20-17(19(24)26-22-14-16-9-5-2-6-10-16)11-12-18(23)25-21-13-15-7-3-1-4-8-15/h1-10,17,21-22H,11-14,20H2/t17-/m0/s1. The molecule has 2 aromatic rings. The molecule has 7 nitrogen and oxygen atoms in total. The second-order valence-electron chi connectivity index (χ2n) is 5.65. The highest BCUT2D eigenvalue weighted by Gasteiger charge is 2.17. The van der Waals surface area contributed by atoms with E-state index < -0.39 is 18.0 Å². The molecule has 0 spiro atoms. The quantitative estimate of drug-likeness (QED) is 0.555. The fraction of sp³-hybridized carbons (Fsp3) is 0.263. The molecular formula is C19H23N3O4. The van der Waals surface area contributed by atoms with Crippen LogP contribution in [0.3, 0.4) is 0 Å². The summed E-state index contributed by atoms with van der Waals surface area (Å²) in [5.74, 6) is -1.10. The normalized spacial score (nSPS) is 11.6. The number of hydrogen-bond donors (Lipinski definition) is 3. The summed E-state index contributed by atoms with van der Waals surface area (Å²) in [6, 6.07) is 18.1. The van der Waals surface area contributed by atoms with Gasteiger partial charge in [-0.1, -0.05) is 60.7 Å².